The molecule has 2 bridgehead atoms. The fraction of sp³-hybridized carbons (Fsp3) is 0.895. The van der Waals surface area contributed by atoms with Gasteiger partial charge in [-0.2, -0.15) is 0 Å². The molecule has 4 rings (SSSR count). The molecule has 3 heterocycles. The summed E-state index contributed by atoms with van der Waals surface area (Å²) in [5.41, 5.74) is -0.122. The molecule has 4 aliphatic rings. The van der Waals surface area contributed by atoms with Crippen molar-refractivity contribution >= 4 is 11.8 Å². The molecule has 3 aliphatic heterocycles. The van der Waals surface area contributed by atoms with Crippen molar-refractivity contribution in [2.45, 2.75) is 64.1 Å². The zero-order valence-electron chi connectivity index (χ0n) is 14.9. The first-order valence-electron chi connectivity index (χ1n) is 9.72. The number of nitrogens with zero attached hydrogens (tertiary/aromatic N) is 1. The van der Waals surface area contributed by atoms with Crippen molar-refractivity contribution < 1.29 is 14.3 Å². The third kappa shape index (κ3) is 2.65. The van der Waals surface area contributed by atoms with Gasteiger partial charge in [0.1, 0.15) is 0 Å². The van der Waals surface area contributed by atoms with E-state index in [9.17, 15) is 9.59 Å². The summed E-state index contributed by atoms with van der Waals surface area (Å²) in [4.78, 5) is 26.6. The van der Waals surface area contributed by atoms with Crippen LogP contribution in [-0.4, -0.2) is 48.1 Å². The van der Waals surface area contributed by atoms with Crippen LogP contribution in [0.5, 0.6) is 0 Å². The summed E-state index contributed by atoms with van der Waals surface area (Å²) in [6.45, 7) is 6.47. The molecule has 4 fully saturated rings. The first-order valence-corrected chi connectivity index (χ1v) is 9.72. The van der Waals surface area contributed by atoms with Gasteiger partial charge < -0.3 is 15.0 Å². The Morgan fingerprint density at radius 2 is 2.08 bits per heavy atom. The SMILES string of the molecule is CC(C)CC(=O)N1C[C@@H]2[C@H](CNC(=O)C3CCC3)[C@H]3CC[C@]2(C1)O3. The molecule has 5 heteroatoms. The van der Waals surface area contributed by atoms with E-state index >= 15 is 0 Å². The number of hydrogen-bond donors (Lipinski definition) is 1. The van der Waals surface area contributed by atoms with Crippen LogP contribution in [0.4, 0.5) is 0 Å². The number of ether oxygens (including phenoxy) is 1. The highest BCUT2D eigenvalue weighted by Crippen LogP contribution is 2.54. The zero-order valence-corrected chi connectivity index (χ0v) is 14.9. The molecule has 1 N–H and O–H groups in total. The van der Waals surface area contributed by atoms with Crippen molar-refractivity contribution in [3.05, 3.63) is 0 Å². The van der Waals surface area contributed by atoms with E-state index in [1.165, 1.54) is 6.42 Å². The number of likely N-dealkylation sites (tertiary alicyclic amines) is 1. The fourth-order valence-electron chi connectivity index (χ4n) is 5.17. The summed E-state index contributed by atoms with van der Waals surface area (Å²) in [6, 6.07) is 0. The van der Waals surface area contributed by atoms with E-state index in [1.807, 2.05) is 4.90 Å². The molecular formula is C19H30N2O3. The van der Waals surface area contributed by atoms with E-state index in [0.717, 1.165) is 45.3 Å². The van der Waals surface area contributed by atoms with Crippen molar-refractivity contribution in [1.82, 2.24) is 10.2 Å². The van der Waals surface area contributed by atoms with E-state index in [0.29, 0.717) is 24.2 Å². The second-order valence-electron chi connectivity index (χ2n) is 8.78. The van der Waals surface area contributed by atoms with Gasteiger partial charge in [0, 0.05) is 37.3 Å². The molecule has 1 aliphatic carbocycles. The largest absolute Gasteiger partial charge is 0.369 e. The lowest BCUT2D eigenvalue weighted by Crippen LogP contribution is -2.44. The standard InChI is InChI=1S/C19H30N2O3/c1-12(2)8-17(22)21-10-15-14(9-20-18(23)13-4-3-5-13)16-6-7-19(15,11-21)24-16/h12-16H,3-11H2,1-2H3,(H,20,23)/t14-,15+,16+,19+/m0/s1. The van der Waals surface area contributed by atoms with Gasteiger partial charge in [-0.1, -0.05) is 20.3 Å². The van der Waals surface area contributed by atoms with Crippen molar-refractivity contribution in [3.63, 3.8) is 0 Å². The first kappa shape index (κ1) is 16.4. The van der Waals surface area contributed by atoms with Gasteiger partial charge in [-0.15, -0.1) is 0 Å². The van der Waals surface area contributed by atoms with Crippen LogP contribution in [0, 0.1) is 23.7 Å². The number of amides is 2. The highest BCUT2D eigenvalue weighted by molar-refractivity contribution is 5.79. The summed E-state index contributed by atoms with van der Waals surface area (Å²) in [5.74, 6) is 1.90. The number of fused-ring (bicyclic) bond motifs is 1. The highest BCUT2D eigenvalue weighted by Gasteiger charge is 2.63. The molecule has 1 spiro atoms. The van der Waals surface area contributed by atoms with Crippen molar-refractivity contribution in [2.24, 2.45) is 23.7 Å². The van der Waals surface area contributed by atoms with Gasteiger partial charge in [-0.05, 0) is 31.6 Å². The predicted molar refractivity (Wildman–Crippen MR) is 90.2 cm³/mol. The second kappa shape index (κ2) is 6.01. The number of hydrogen-bond acceptors (Lipinski definition) is 3. The van der Waals surface area contributed by atoms with Crippen LogP contribution < -0.4 is 5.32 Å². The van der Waals surface area contributed by atoms with Crippen LogP contribution in [0.15, 0.2) is 0 Å². The van der Waals surface area contributed by atoms with Gasteiger partial charge in [0.25, 0.3) is 0 Å². The maximum atomic E-state index is 12.5. The van der Waals surface area contributed by atoms with Crippen molar-refractivity contribution in [2.75, 3.05) is 19.6 Å². The van der Waals surface area contributed by atoms with Crippen LogP contribution in [0.3, 0.4) is 0 Å². The maximum Gasteiger partial charge on any atom is 0.223 e. The van der Waals surface area contributed by atoms with Gasteiger partial charge in [-0.25, -0.2) is 0 Å². The van der Waals surface area contributed by atoms with Crippen LogP contribution in [-0.2, 0) is 14.3 Å². The number of carbonyl (C=O) groups excluding carboxylic acids is 2. The minimum absolute atomic E-state index is 0.122. The third-order valence-corrected chi connectivity index (χ3v) is 6.71. The van der Waals surface area contributed by atoms with Crippen LogP contribution in [0.2, 0.25) is 0 Å². The zero-order chi connectivity index (χ0) is 16.9. The maximum absolute atomic E-state index is 12.5. The van der Waals surface area contributed by atoms with E-state index < -0.39 is 0 Å². The number of nitrogens with one attached hydrogen (secondary N) is 1. The lowest BCUT2D eigenvalue weighted by atomic mass is 9.73. The predicted octanol–water partition coefficient (Wildman–Crippen LogP) is 1.95. The van der Waals surface area contributed by atoms with Crippen LogP contribution in [0.25, 0.3) is 0 Å². The minimum Gasteiger partial charge on any atom is -0.369 e. The number of carbonyl (C=O) groups is 2. The Hall–Kier alpha value is -1.10. The van der Waals surface area contributed by atoms with Gasteiger partial charge in [0.05, 0.1) is 18.2 Å². The van der Waals surface area contributed by atoms with Crippen LogP contribution in [0.1, 0.15) is 52.4 Å². The molecule has 3 saturated heterocycles. The average Bonchev–Trinajstić information content (AvgIpc) is 3.10. The summed E-state index contributed by atoms with van der Waals surface area (Å²) < 4.78 is 6.37. The van der Waals surface area contributed by atoms with Crippen LogP contribution >= 0.6 is 0 Å². The molecule has 5 nitrogen and oxygen atoms in total. The monoisotopic (exact) mass is 334 g/mol. The van der Waals surface area contributed by atoms with Gasteiger partial charge in [0.2, 0.25) is 11.8 Å². The molecule has 2 amide bonds. The van der Waals surface area contributed by atoms with Gasteiger partial charge in [-0.3, -0.25) is 9.59 Å². The first-order chi connectivity index (χ1) is 11.5. The topological polar surface area (TPSA) is 58.6 Å². The summed E-state index contributed by atoms with van der Waals surface area (Å²) in [6.07, 6.45) is 6.32. The summed E-state index contributed by atoms with van der Waals surface area (Å²) in [7, 11) is 0. The molecule has 4 atom stereocenters. The van der Waals surface area contributed by atoms with Crippen molar-refractivity contribution in [1.29, 1.82) is 0 Å². The Morgan fingerprint density at radius 3 is 2.75 bits per heavy atom. The smallest absolute Gasteiger partial charge is 0.223 e. The summed E-state index contributed by atoms with van der Waals surface area (Å²) >= 11 is 0. The van der Waals surface area contributed by atoms with Crippen molar-refractivity contribution in [3.8, 4) is 0 Å². The molecule has 0 unspecified atom stereocenters. The van der Waals surface area contributed by atoms with E-state index in [1.54, 1.807) is 0 Å². The highest BCUT2D eigenvalue weighted by atomic mass is 16.5. The lowest BCUT2D eigenvalue weighted by molar-refractivity contribution is -0.132. The third-order valence-electron chi connectivity index (χ3n) is 6.71. The Balaban J connectivity index is 1.38. The van der Waals surface area contributed by atoms with Gasteiger partial charge in [0.15, 0.2) is 0 Å². The quantitative estimate of drug-likeness (QED) is 0.836. The Morgan fingerprint density at radius 1 is 1.29 bits per heavy atom. The van der Waals surface area contributed by atoms with Gasteiger partial charge >= 0.3 is 0 Å². The molecule has 0 radical (unpaired) electrons. The average molecular weight is 334 g/mol. The molecule has 0 aromatic rings. The normalized spacial score (nSPS) is 37.6. The Labute approximate surface area is 144 Å². The molecule has 1 saturated carbocycles. The summed E-state index contributed by atoms with van der Waals surface area (Å²) in [5, 5.41) is 3.17. The Kier molecular flexibility index (Phi) is 4.10. The fourth-order valence-corrected chi connectivity index (χ4v) is 5.17. The van der Waals surface area contributed by atoms with E-state index in [2.05, 4.69) is 19.2 Å². The molecule has 0 aromatic carbocycles. The second-order valence-corrected chi connectivity index (χ2v) is 8.78. The lowest BCUT2D eigenvalue weighted by Gasteiger charge is -2.30. The molecule has 24 heavy (non-hydrogen) atoms. The minimum atomic E-state index is -0.122. The molecule has 134 valence electrons. The molecule has 0 aromatic heterocycles. The Bertz CT molecular complexity index is 531. The number of rotatable bonds is 5. The van der Waals surface area contributed by atoms with E-state index in [-0.39, 0.29) is 29.4 Å². The van der Waals surface area contributed by atoms with E-state index in [4.69, 9.17) is 4.74 Å². The molecular weight excluding hydrogens is 304 g/mol.